The lowest BCUT2D eigenvalue weighted by Gasteiger charge is -2.18. The molecule has 0 aliphatic carbocycles. The number of allylic oxidation sites excluding steroid dienone is 16. The minimum atomic E-state index is -0.825. The van der Waals surface area contributed by atoms with Gasteiger partial charge in [-0.25, -0.2) is 0 Å². The van der Waals surface area contributed by atoms with Crippen molar-refractivity contribution >= 4 is 17.9 Å². The number of esters is 3. The van der Waals surface area contributed by atoms with Gasteiger partial charge in [0.15, 0.2) is 6.10 Å². The van der Waals surface area contributed by atoms with Crippen LogP contribution in [0.4, 0.5) is 0 Å². The lowest BCUT2D eigenvalue weighted by atomic mass is 10.1. The number of rotatable bonds is 49. The zero-order chi connectivity index (χ0) is 48.6. The van der Waals surface area contributed by atoms with Crippen molar-refractivity contribution in [1.82, 2.24) is 0 Å². The van der Waals surface area contributed by atoms with Crippen LogP contribution in [0.25, 0.3) is 0 Å². The Balaban J connectivity index is 4.54. The molecule has 0 aliphatic rings. The van der Waals surface area contributed by atoms with Crippen LogP contribution in [0.15, 0.2) is 97.2 Å². The van der Waals surface area contributed by atoms with Gasteiger partial charge in [0.25, 0.3) is 0 Å². The summed E-state index contributed by atoms with van der Waals surface area (Å²) < 4.78 is 16.8. The van der Waals surface area contributed by atoms with E-state index < -0.39 is 12.1 Å². The maximum absolute atomic E-state index is 12.8. The van der Waals surface area contributed by atoms with Gasteiger partial charge in [-0.05, 0) is 109 Å². The van der Waals surface area contributed by atoms with Crippen LogP contribution < -0.4 is 0 Å². The average Bonchev–Trinajstić information content (AvgIpc) is 3.33. The molecule has 6 nitrogen and oxygen atoms in total. The summed E-state index contributed by atoms with van der Waals surface area (Å²) >= 11 is 0. The average molecular weight is 931 g/mol. The van der Waals surface area contributed by atoms with Gasteiger partial charge >= 0.3 is 17.9 Å². The van der Waals surface area contributed by atoms with Gasteiger partial charge in [-0.3, -0.25) is 14.4 Å². The van der Waals surface area contributed by atoms with E-state index in [-0.39, 0.29) is 31.6 Å². The lowest BCUT2D eigenvalue weighted by Crippen LogP contribution is -2.30. The van der Waals surface area contributed by atoms with E-state index in [1.807, 2.05) is 12.2 Å². The van der Waals surface area contributed by atoms with E-state index in [9.17, 15) is 14.4 Å². The molecule has 6 heteroatoms. The van der Waals surface area contributed by atoms with Crippen LogP contribution in [-0.2, 0) is 28.6 Å². The molecule has 0 atom stereocenters. The van der Waals surface area contributed by atoms with Gasteiger partial charge in [0.05, 0.1) is 0 Å². The third kappa shape index (κ3) is 53.2. The predicted octanol–water partition coefficient (Wildman–Crippen LogP) is 18.5. The normalized spacial score (nSPS) is 12.4. The number of carbonyl (C=O) groups is 3. The third-order valence-corrected chi connectivity index (χ3v) is 11.6. The van der Waals surface area contributed by atoms with Crippen molar-refractivity contribution in [3.63, 3.8) is 0 Å². The summed E-state index contributed by atoms with van der Waals surface area (Å²) in [6.45, 7) is 6.44. The predicted molar refractivity (Wildman–Crippen MR) is 288 cm³/mol. The fourth-order valence-corrected chi connectivity index (χ4v) is 7.40. The monoisotopic (exact) mass is 931 g/mol. The standard InChI is InChI=1S/C61H102O6/c1-4-7-10-13-16-19-22-25-28-29-30-31-34-37-40-43-46-49-52-55-61(64)67-58(56-65-59(62)53-50-47-44-41-38-35-32-26-23-20-17-14-11-8-5-2)57-66-60(63)54-51-48-45-42-39-36-33-27-24-21-18-15-12-9-6-3/h7,10,16,19,25-28,30-33,37,40,46,49,58H,4-6,8-9,11-15,17-18,20-24,29,34-36,38-39,41-45,47-48,50-57H2,1-3H3/b10-7+,19-16+,28-25+,31-30+,32-26+,33-27+,40-37+,49-46+. The molecule has 0 aromatic heterocycles. The molecule has 0 saturated carbocycles. The second-order valence-corrected chi connectivity index (χ2v) is 18.1. The Morgan fingerprint density at radius 3 is 0.970 bits per heavy atom. The van der Waals surface area contributed by atoms with Crippen LogP contribution >= 0.6 is 0 Å². The first-order chi connectivity index (χ1) is 33.0. The van der Waals surface area contributed by atoms with E-state index in [2.05, 4.69) is 106 Å². The molecule has 0 radical (unpaired) electrons. The molecule has 382 valence electrons. The molecule has 0 amide bonds. The van der Waals surface area contributed by atoms with E-state index >= 15 is 0 Å². The molecule has 0 aromatic carbocycles. The van der Waals surface area contributed by atoms with Crippen molar-refractivity contribution < 1.29 is 28.6 Å². The summed E-state index contributed by atoms with van der Waals surface area (Å²) in [7, 11) is 0. The molecule has 0 N–H and O–H groups in total. The molecule has 0 saturated heterocycles. The first-order valence-corrected chi connectivity index (χ1v) is 27.7. The highest BCUT2D eigenvalue weighted by Gasteiger charge is 2.19. The summed E-state index contributed by atoms with van der Waals surface area (Å²) in [5.74, 6) is -1.02. The third-order valence-electron chi connectivity index (χ3n) is 11.6. The van der Waals surface area contributed by atoms with Crippen molar-refractivity contribution in [3.8, 4) is 0 Å². The smallest absolute Gasteiger partial charge is 0.306 e. The summed E-state index contributed by atoms with van der Waals surface area (Å²) in [6.07, 6.45) is 72.6. The Morgan fingerprint density at radius 1 is 0.313 bits per heavy atom. The number of hydrogen-bond acceptors (Lipinski definition) is 6. The number of hydrogen-bond donors (Lipinski definition) is 0. The molecule has 0 spiro atoms. The minimum absolute atomic E-state index is 0.115. The van der Waals surface area contributed by atoms with Gasteiger partial charge in [0.1, 0.15) is 13.2 Å². The lowest BCUT2D eigenvalue weighted by molar-refractivity contribution is -0.166. The molecule has 0 rings (SSSR count). The van der Waals surface area contributed by atoms with E-state index in [1.165, 1.54) is 103 Å². The van der Waals surface area contributed by atoms with Gasteiger partial charge in [0, 0.05) is 19.3 Å². The van der Waals surface area contributed by atoms with Crippen molar-refractivity contribution in [1.29, 1.82) is 0 Å². The maximum atomic E-state index is 12.8. The Hall–Kier alpha value is -3.67. The van der Waals surface area contributed by atoms with Crippen LogP contribution in [0.3, 0.4) is 0 Å². The van der Waals surface area contributed by atoms with E-state index in [0.29, 0.717) is 19.3 Å². The minimum Gasteiger partial charge on any atom is -0.462 e. The molecule has 67 heavy (non-hydrogen) atoms. The van der Waals surface area contributed by atoms with Gasteiger partial charge in [-0.15, -0.1) is 0 Å². The summed E-state index contributed by atoms with van der Waals surface area (Å²) in [4.78, 5) is 38.1. The second-order valence-electron chi connectivity index (χ2n) is 18.1. The molecule has 0 heterocycles. The molecule has 0 aliphatic heterocycles. The Kier molecular flexibility index (Phi) is 51.9. The number of carbonyl (C=O) groups excluding carboxylic acids is 3. The largest absolute Gasteiger partial charge is 0.462 e. The van der Waals surface area contributed by atoms with E-state index in [4.69, 9.17) is 14.2 Å². The number of ether oxygens (including phenoxy) is 3. The quantitative estimate of drug-likeness (QED) is 0.0262. The SMILES string of the molecule is CC/C=C/C/C=C/C/C=C/C/C=C/C/C=C/C/C=C/CCC(=O)OC(COC(=O)CCCCCCC/C=C/CCCCCCCC)COC(=O)CCCCCCC/C=C/CCCCCCCC. The van der Waals surface area contributed by atoms with Crippen LogP contribution in [-0.4, -0.2) is 37.2 Å². The highest BCUT2D eigenvalue weighted by molar-refractivity contribution is 5.71. The van der Waals surface area contributed by atoms with Crippen LogP contribution in [0, 0.1) is 0 Å². The maximum Gasteiger partial charge on any atom is 0.306 e. The molecule has 0 aromatic rings. The summed E-state index contributed by atoms with van der Waals surface area (Å²) in [6, 6.07) is 0. The Morgan fingerprint density at radius 2 is 0.612 bits per heavy atom. The zero-order valence-corrected chi connectivity index (χ0v) is 43.6. The van der Waals surface area contributed by atoms with E-state index in [1.54, 1.807) is 0 Å². The van der Waals surface area contributed by atoms with Crippen LogP contribution in [0.5, 0.6) is 0 Å². The first kappa shape index (κ1) is 63.3. The topological polar surface area (TPSA) is 78.9 Å². The van der Waals surface area contributed by atoms with Gasteiger partial charge in [0.2, 0.25) is 0 Å². The highest BCUT2D eigenvalue weighted by atomic mass is 16.6. The first-order valence-electron chi connectivity index (χ1n) is 27.7. The van der Waals surface area contributed by atoms with Crippen molar-refractivity contribution in [2.24, 2.45) is 0 Å². The molecule has 0 unspecified atom stereocenters. The summed E-state index contributed by atoms with van der Waals surface area (Å²) in [5, 5.41) is 0. The fraction of sp³-hybridized carbons (Fsp3) is 0.689. The van der Waals surface area contributed by atoms with Crippen molar-refractivity contribution in [2.45, 2.75) is 258 Å². The fourth-order valence-electron chi connectivity index (χ4n) is 7.40. The molecular weight excluding hydrogens is 829 g/mol. The van der Waals surface area contributed by atoms with Crippen LogP contribution in [0.1, 0.15) is 252 Å². The van der Waals surface area contributed by atoms with Crippen molar-refractivity contribution in [3.05, 3.63) is 97.2 Å². The Bertz CT molecular complexity index is 1290. The number of unbranched alkanes of at least 4 members (excludes halogenated alkanes) is 22. The van der Waals surface area contributed by atoms with Gasteiger partial charge in [-0.2, -0.15) is 0 Å². The van der Waals surface area contributed by atoms with Gasteiger partial charge < -0.3 is 14.2 Å². The molecule has 0 bridgehead atoms. The highest BCUT2D eigenvalue weighted by Crippen LogP contribution is 2.13. The Labute approximate surface area is 413 Å². The zero-order valence-electron chi connectivity index (χ0n) is 43.6. The summed E-state index contributed by atoms with van der Waals surface area (Å²) in [5.41, 5.74) is 0. The molecule has 0 fully saturated rings. The van der Waals surface area contributed by atoms with Crippen LogP contribution in [0.2, 0.25) is 0 Å². The van der Waals surface area contributed by atoms with E-state index in [0.717, 1.165) is 103 Å². The van der Waals surface area contributed by atoms with Crippen molar-refractivity contribution in [2.75, 3.05) is 13.2 Å². The van der Waals surface area contributed by atoms with Gasteiger partial charge in [-0.1, -0.05) is 221 Å². The molecular formula is C61H102O6. The second kappa shape index (κ2) is 54.9.